The van der Waals surface area contributed by atoms with Crippen LogP contribution in [0.1, 0.15) is 67.7 Å². The SMILES string of the molecule is CC[C@@H](C)[C@@H](NC)C(=O)C(CC(C)O)(C(=O)[C@H](NC)C(C)C)C(CC(C)O)(OC(=O)[C@@H](C)NC)C(=O)O. The highest BCUT2D eigenvalue weighted by molar-refractivity contribution is 6.16. The molecule has 0 fully saturated rings. The number of nitrogens with one attached hydrogen (secondary N) is 3. The maximum atomic E-state index is 14.6. The van der Waals surface area contributed by atoms with E-state index in [-0.39, 0.29) is 11.8 Å². The number of ketones is 2. The van der Waals surface area contributed by atoms with Crippen LogP contribution in [0.15, 0.2) is 0 Å². The van der Waals surface area contributed by atoms with Gasteiger partial charge in [-0.2, -0.15) is 0 Å². The molecule has 0 aliphatic rings. The van der Waals surface area contributed by atoms with Crippen LogP contribution in [0.2, 0.25) is 0 Å². The molecule has 4 unspecified atom stereocenters. The average Bonchev–Trinajstić information content (AvgIpc) is 2.80. The van der Waals surface area contributed by atoms with Crippen molar-refractivity contribution in [2.24, 2.45) is 17.3 Å². The molecular formula is C26H49N3O8. The summed E-state index contributed by atoms with van der Waals surface area (Å²) in [6.07, 6.45) is -3.58. The average molecular weight is 532 g/mol. The predicted molar refractivity (Wildman–Crippen MR) is 140 cm³/mol. The van der Waals surface area contributed by atoms with Crippen molar-refractivity contribution in [2.75, 3.05) is 21.1 Å². The Bertz CT molecular complexity index is 788. The molecule has 0 aromatic heterocycles. The number of ether oxygens (including phenoxy) is 1. The molecule has 0 aromatic carbocycles. The number of hydrogen-bond acceptors (Lipinski definition) is 10. The molecule has 0 aromatic rings. The van der Waals surface area contributed by atoms with Crippen molar-refractivity contribution in [3.05, 3.63) is 0 Å². The molecule has 37 heavy (non-hydrogen) atoms. The highest BCUT2D eigenvalue weighted by Gasteiger charge is 2.70. The van der Waals surface area contributed by atoms with Crippen molar-refractivity contribution in [1.82, 2.24) is 16.0 Å². The number of hydrogen-bond donors (Lipinski definition) is 6. The fourth-order valence-electron chi connectivity index (χ4n) is 4.95. The third-order valence-electron chi connectivity index (χ3n) is 7.19. The molecule has 0 saturated heterocycles. The van der Waals surface area contributed by atoms with Gasteiger partial charge >= 0.3 is 11.9 Å². The van der Waals surface area contributed by atoms with Gasteiger partial charge in [0.25, 0.3) is 0 Å². The molecular weight excluding hydrogens is 482 g/mol. The second-order valence-electron chi connectivity index (χ2n) is 10.5. The number of Topliss-reactive ketones (excluding diaryl/α,β-unsaturated/α-hetero) is 2. The normalized spacial score (nSPS) is 20.0. The van der Waals surface area contributed by atoms with Crippen LogP contribution >= 0.6 is 0 Å². The molecule has 216 valence electrons. The lowest BCUT2D eigenvalue weighted by atomic mass is 9.57. The van der Waals surface area contributed by atoms with E-state index in [9.17, 15) is 34.5 Å². The largest absolute Gasteiger partial charge is 0.478 e. The van der Waals surface area contributed by atoms with E-state index in [1.807, 2.05) is 6.92 Å². The second kappa shape index (κ2) is 14.9. The maximum Gasteiger partial charge on any atom is 0.349 e. The predicted octanol–water partition coefficient (Wildman–Crippen LogP) is 0.505. The number of likely N-dealkylation sites (N-methyl/N-ethyl adjacent to an activating group) is 3. The maximum absolute atomic E-state index is 14.6. The first-order valence-corrected chi connectivity index (χ1v) is 13.0. The van der Waals surface area contributed by atoms with Gasteiger partial charge in [0.2, 0.25) is 5.60 Å². The lowest BCUT2D eigenvalue weighted by molar-refractivity contribution is -0.209. The Hall–Kier alpha value is -1.92. The van der Waals surface area contributed by atoms with Crippen LogP contribution < -0.4 is 16.0 Å². The van der Waals surface area contributed by atoms with Gasteiger partial charge in [-0.05, 0) is 60.2 Å². The summed E-state index contributed by atoms with van der Waals surface area (Å²) in [4.78, 5) is 55.5. The van der Waals surface area contributed by atoms with Gasteiger partial charge in [0.05, 0.1) is 24.3 Å². The van der Waals surface area contributed by atoms with E-state index in [2.05, 4.69) is 16.0 Å². The van der Waals surface area contributed by atoms with Crippen LogP contribution in [0.4, 0.5) is 0 Å². The van der Waals surface area contributed by atoms with Crippen LogP contribution in [-0.4, -0.2) is 95.9 Å². The van der Waals surface area contributed by atoms with E-state index in [1.165, 1.54) is 41.9 Å². The molecule has 0 spiro atoms. The molecule has 0 aliphatic carbocycles. The van der Waals surface area contributed by atoms with E-state index in [0.29, 0.717) is 6.42 Å². The molecule has 11 heteroatoms. The first-order valence-electron chi connectivity index (χ1n) is 13.0. The van der Waals surface area contributed by atoms with E-state index >= 15 is 0 Å². The van der Waals surface area contributed by atoms with Gasteiger partial charge in [-0.25, -0.2) is 4.79 Å². The fourth-order valence-corrected chi connectivity index (χ4v) is 4.95. The van der Waals surface area contributed by atoms with Crippen LogP contribution in [-0.2, 0) is 23.9 Å². The quantitative estimate of drug-likeness (QED) is 0.107. The third kappa shape index (κ3) is 7.57. The highest BCUT2D eigenvalue weighted by atomic mass is 16.6. The molecule has 0 amide bonds. The molecule has 0 saturated carbocycles. The lowest BCUT2D eigenvalue weighted by Gasteiger charge is -2.49. The molecule has 0 bridgehead atoms. The molecule has 6 N–H and O–H groups in total. The Morgan fingerprint density at radius 3 is 1.57 bits per heavy atom. The van der Waals surface area contributed by atoms with Crippen molar-refractivity contribution in [3.63, 3.8) is 0 Å². The zero-order valence-corrected chi connectivity index (χ0v) is 24.0. The number of carboxylic acids is 1. The van der Waals surface area contributed by atoms with Gasteiger partial charge in [-0.3, -0.25) is 14.4 Å². The van der Waals surface area contributed by atoms with Crippen molar-refractivity contribution in [1.29, 1.82) is 0 Å². The molecule has 0 radical (unpaired) electrons. The van der Waals surface area contributed by atoms with E-state index < -0.39 is 77.7 Å². The Labute approximate surface area is 221 Å². The number of aliphatic hydroxyl groups excluding tert-OH is 2. The van der Waals surface area contributed by atoms with Gasteiger partial charge in [-0.1, -0.05) is 34.1 Å². The summed E-state index contributed by atoms with van der Waals surface area (Å²) in [5.41, 5.74) is -5.37. The summed E-state index contributed by atoms with van der Waals surface area (Å²) in [5, 5.41) is 40.3. The van der Waals surface area contributed by atoms with Gasteiger partial charge in [0.15, 0.2) is 11.6 Å². The second-order valence-corrected chi connectivity index (χ2v) is 10.5. The summed E-state index contributed by atoms with van der Waals surface area (Å²) >= 11 is 0. The Morgan fingerprint density at radius 2 is 1.24 bits per heavy atom. The minimum atomic E-state index is -2.82. The first kappa shape index (κ1) is 35.1. The summed E-state index contributed by atoms with van der Waals surface area (Å²) in [6.45, 7) is 11.2. The number of carbonyl (C=O) groups excluding carboxylic acids is 3. The Morgan fingerprint density at radius 1 is 0.784 bits per heavy atom. The lowest BCUT2D eigenvalue weighted by Crippen LogP contribution is -2.72. The number of carbonyl (C=O) groups is 4. The van der Waals surface area contributed by atoms with Crippen molar-refractivity contribution in [3.8, 4) is 0 Å². The van der Waals surface area contributed by atoms with Crippen LogP contribution in [0, 0.1) is 17.3 Å². The summed E-state index contributed by atoms with van der Waals surface area (Å²) in [7, 11) is 4.51. The Balaban J connectivity index is 8.00. The first-order chi connectivity index (χ1) is 17.0. The highest BCUT2D eigenvalue weighted by Crippen LogP contribution is 2.47. The van der Waals surface area contributed by atoms with E-state index in [0.717, 1.165) is 0 Å². The van der Waals surface area contributed by atoms with Crippen LogP contribution in [0.3, 0.4) is 0 Å². The summed E-state index contributed by atoms with van der Waals surface area (Å²) in [5.74, 6) is -5.14. The number of rotatable bonds is 18. The monoisotopic (exact) mass is 531 g/mol. The standard InChI is InChI=1S/C26H49N3O8/c1-11-15(4)20(29-10)22(33)25(12-16(5)30,21(32)19(28-9)14(2)3)26(24(35)36,13-17(6)31)37-23(34)18(7)27-8/h14-20,27-31H,11-13H2,1-10H3,(H,35,36)/t15-,16?,17?,18-,19-,20-,25?,26?/m1/s1. The number of aliphatic carboxylic acids is 1. The van der Waals surface area contributed by atoms with Crippen molar-refractivity contribution in [2.45, 2.75) is 104 Å². The summed E-state index contributed by atoms with van der Waals surface area (Å²) in [6, 6.07) is -3.02. The molecule has 0 rings (SSSR count). The number of carboxylic acid groups (broad SMARTS) is 1. The van der Waals surface area contributed by atoms with Gasteiger partial charge in [0.1, 0.15) is 11.5 Å². The fraction of sp³-hybridized carbons (Fsp3) is 0.846. The molecule has 11 nitrogen and oxygen atoms in total. The van der Waals surface area contributed by atoms with Gasteiger partial charge < -0.3 is 36.0 Å². The summed E-state index contributed by atoms with van der Waals surface area (Å²) < 4.78 is 5.68. The minimum Gasteiger partial charge on any atom is -0.478 e. The zero-order chi connectivity index (χ0) is 29.3. The Kier molecular flexibility index (Phi) is 14.1. The van der Waals surface area contributed by atoms with E-state index in [4.69, 9.17) is 4.74 Å². The van der Waals surface area contributed by atoms with Crippen molar-refractivity contribution >= 4 is 23.5 Å². The minimum absolute atomic E-state index is 0.337. The number of aliphatic hydroxyl groups is 2. The topological polar surface area (TPSA) is 174 Å². The van der Waals surface area contributed by atoms with Gasteiger partial charge in [-0.15, -0.1) is 0 Å². The van der Waals surface area contributed by atoms with Gasteiger partial charge in [0, 0.05) is 6.42 Å². The van der Waals surface area contributed by atoms with Crippen LogP contribution in [0.5, 0.6) is 0 Å². The molecule has 8 atom stereocenters. The molecule has 0 heterocycles. The smallest absolute Gasteiger partial charge is 0.349 e. The molecule has 0 aliphatic heterocycles. The third-order valence-corrected chi connectivity index (χ3v) is 7.19. The van der Waals surface area contributed by atoms with Crippen LogP contribution in [0.25, 0.3) is 0 Å². The number of esters is 1. The zero-order valence-electron chi connectivity index (χ0n) is 24.0. The van der Waals surface area contributed by atoms with E-state index in [1.54, 1.807) is 20.8 Å². The van der Waals surface area contributed by atoms with Crippen molar-refractivity contribution < 1.29 is 39.2 Å².